The number of rotatable bonds is 4. The monoisotopic (exact) mass is 352 g/mol. The summed E-state index contributed by atoms with van der Waals surface area (Å²) in [6.45, 7) is 0. The molecule has 1 amide bonds. The summed E-state index contributed by atoms with van der Waals surface area (Å²) < 4.78 is 0.323. The summed E-state index contributed by atoms with van der Waals surface area (Å²) in [5, 5.41) is 20.7. The quantitative estimate of drug-likeness (QED) is 0.432. The Balaban J connectivity index is 2.19. The van der Waals surface area contributed by atoms with E-state index in [-0.39, 0.29) is 17.1 Å². The van der Waals surface area contributed by atoms with E-state index in [1.165, 1.54) is 30.3 Å². The van der Waals surface area contributed by atoms with E-state index >= 15 is 0 Å². The first kappa shape index (κ1) is 14.8. The minimum Gasteiger partial charge on any atom is -0.320 e. The highest BCUT2D eigenvalue weighted by Gasteiger charge is 2.15. The van der Waals surface area contributed by atoms with Crippen molar-refractivity contribution in [2.75, 3.05) is 10.7 Å². The third-order valence-corrected chi connectivity index (χ3v) is 3.12. The first-order chi connectivity index (χ1) is 10.0. The van der Waals surface area contributed by atoms with Crippen LogP contribution in [0.2, 0.25) is 0 Å². The molecule has 10 heteroatoms. The predicted octanol–water partition coefficient (Wildman–Crippen LogP) is 1.69. The summed E-state index contributed by atoms with van der Waals surface area (Å²) in [7, 11) is 0. The summed E-state index contributed by atoms with van der Waals surface area (Å²) in [6.07, 6.45) is 0. The average Bonchev–Trinajstić information content (AvgIpc) is 2.49. The Hall–Kier alpha value is -2.59. The summed E-state index contributed by atoms with van der Waals surface area (Å²) in [5.41, 5.74) is 2.46. The molecule has 1 aromatic heterocycles. The van der Waals surface area contributed by atoms with E-state index in [1.54, 1.807) is 0 Å². The van der Waals surface area contributed by atoms with Crippen molar-refractivity contribution in [3.05, 3.63) is 50.6 Å². The SMILES string of the molecule is NNc1ccc(C(=O)Nc2ccc(Br)c([N+](=O)[O-])c2)nn1. The summed E-state index contributed by atoms with van der Waals surface area (Å²) >= 11 is 3.06. The molecule has 0 aliphatic rings. The number of nitrogens with two attached hydrogens (primary N) is 1. The molecule has 2 rings (SSSR count). The molecule has 0 aliphatic heterocycles. The number of nitrogens with zero attached hydrogens (tertiary/aromatic N) is 3. The maximum atomic E-state index is 11.9. The van der Waals surface area contributed by atoms with Crippen LogP contribution in [-0.4, -0.2) is 21.0 Å². The van der Waals surface area contributed by atoms with Gasteiger partial charge in [-0.1, -0.05) is 0 Å². The van der Waals surface area contributed by atoms with Crippen molar-refractivity contribution in [2.24, 2.45) is 5.84 Å². The molecule has 2 aromatic rings. The molecule has 1 heterocycles. The molecule has 0 bridgehead atoms. The van der Waals surface area contributed by atoms with E-state index in [0.29, 0.717) is 10.3 Å². The van der Waals surface area contributed by atoms with Gasteiger partial charge in [-0.05, 0) is 40.2 Å². The largest absolute Gasteiger partial charge is 0.320 e. The molecule has 108 valence electrons. The van der Waals surface area contributed by atoms with Crippen LogP contribution < -0.4 is 16.6 Å². The van der Waals surface area contributed by atoms with Gasteiger partial charge in [-0.2, -0.15) is 0 Å². The van der Waals surface area contributed by atoms with Crippen LogP contribution in [0.15, 0.2) is 34.8 Å². The third-order valence-electron chi connectivity index (χ3n) is 2.45. The van der Waals surface area contributed by atoms with Crippen LogP contribution in [0.25, 0.3) is 0 Å². The maximum Gasteiger partial charge on any atom is 0.285 e. The fourth-order valence-corrected chi connectivity index (χ4v) is 1.85. The Kier molecular flexibility index (Phi) is 4.40. The van der Waals surface area contributed by atoms with Crippen molar-refractivity contribution in [1.82, 2.24) is 10.2 Å². The van der Waals surface area contributed by atoms with E-state index in [2.05, 4.69) is 36.9 Å². The van der Waals surface area contributed by atoms with Crippen LogP contribution in [0.3, 0.4) is 0 Å². The summed E-state index contributed by atoms with van der Waals surface area (Å²) in [6, 6.07) is 7.14. The van der Waals surface area contributed by atoms with Crippen molar-refractivity contribution in [2.45, 2.75) is 0 Å². The van der Waals surface area contributed by atoms with Gasteiger partial charge in [-0.25, -0.2) is 5.84 Å². The Morgan fingerprint density at radius 1 is 1.29 bits per heavy atom. The molecule has 21 heavy (non-hydrogen) atoms. The Labute approximate surface area is 126 Å². The molecule has 0 radical (unpaired) electrons. The number of nitro benzene ring substituents is 1. The topological polar surface area (TPSA) is 136 Å². The van der Waals surface area contributed by atoms with E-state index in [0.717, 1.165) is 0 Å². The van der Waals surface area contributed by atoms with Crippen molar-refractivity contribution in [1.29, 1.82) is 0 Å². The second-order valence-electron chi connectivity index (χ2n) is 3.83. The Morgan fingerprint density at radius 2 is 2.05 bits per heavy atom. The second-order valence-corrected chi connectivity index (χ2v) is 4.68. The number of nitrogens with one attached hydrogen (secondary N) is 2. The number of carbonyl (C=O) groups is 1. The van der Waals surface area contributed by atoms with E-state index in [4.69, 9.17) is 5.84 Å². The van der Waals surface area contributed by atoms with Crippen LogP contribution in [0, 0.1) is 10.1 Å². The maximum absolute atomic E-state index is 11.9. The smallest absolute Gasteiger partial charge is 0.285 e. The molecule has 0 saturated heterocycles. The minimum absolute atomic E-state index is 0.0552. The highest BCUT2D eigenvalue weighted by Crippen LogP contribution is 2.27. The molecule has 0 fully saturated rings. The molecule has 0 saturated carbocycles. The van der Waals surface area contributed by atoms with Crippen molar-refractivity contribution < 1.29 is 9.72 Å². The number of aromatic nitrogens is 2. The van der Waals surface area contributed by atoms with Crippen LogP contribution in [0.5, 0.6) is 0 Å². The lowest BCUT2D eigenvalue weighted by atomic mass is 10.2. The van der Waals surface area contributed by atoms with Gasteiger partial charge in [0, 0.05) is 11.8 Å². The first-order valence-electron chi connectivity index (χ1n) is 5.57. The van der Waals surface area contributed by atoms with Crippen LogP contribution in [0.4, 0.5) is 17.2 Å². The number of benzene rings is 1. The number of hydrazine groups is 1. The number of nitro groups is 1. The number of hydrogen-bond donors (Lipinski definition) is 3. The molecular formula is C11H9BrN6O3. The zero-order chi connectivity index (χ0) is 15.4. The lowest BCUT2D eigenvalue weighted by Crippen LogP contribution is -2.16. The van der Waals surface area contributed by atoms with Gasteiger partial charge in [-0.15, -0.1) is 10.2 Å². The zero-order valence-corrected chi connectivity index (χ0v) is 12.0. The van der Waals surface area contributed by atoms with Crippen LogP contribution >= 0.6 is 15.9 Å². The molecule has 1 aromatic carbocycles. The molecule has 0 spiro atoms. The Morgan fingerprint density at radius 3 is 2.62 bits per heavy atom. The molecular weight excluding hydrogens is 344 g/mol. The molecule has 4 N–H and O–H groups in total. The van der Waals surface area contributed by atoms with Gasteiger partial charge in [-0.3, -0.25) is 14.9 Å². The lowest BCUT2D eigenvalue weighted by molar-refractivity contribution is -0.385. The van der Waals surface area contributed by atoms with Gasteiger partial charge in [0.2, 0.25) is 0 Å². The minimum atomic E-state index is -0.554. The number of carbonyl (C=O) groups excluding carboxylic acids is 1. The van der Waals surface area contributed by atoms with Crippen molar-refractivity contribution in [3.63, 3.8) is 0 Å². The van der Waals surface area contributed by atoms with Gasteiger partial charge in [0.25, 0.3) is 11.6 Å². The van der Waals surface area contributed by atoms with Gasteiger partial charge in [0.1, 0.15) is 0 Å². The second kappa shape index (κ2) is 6.24. The molecule has 0 atom stereocenters. The van der Waals surface area contributed by atoms with Crippen molar-refractivity contribution in [3.8, 4) is 0 Å². The van der Waals surface area contributed by atoms with Gasteiger partial charge < -0.3 is 10.7 Å². The van der Waals surface area contributed by atoms with Crippen molar-refractivity contribution >= 4 is 39.0 Å². The average molecular weight is 353 g/mol. The molecule has 9 nitrogen and oxygen atoms in total. The van der Waals surface area contributed by atoms with Gasteiger partial charge >= 0.3 is 0 Å². The van der Waals surface area contributed by atoms with Gasteiger partial charge in [0.05, 0.1) is 9.40 Å². The highest BCUT2D eigenvalue weighted by molar-refractivity contribution is 9.10. The normalized spacial score (nSPS) is 10.0. The molecule has 0 aliphatic carbocycles. The van der Waals surface area contributed by atoms with Crippen LogP contribution in [0.1, 0.15) is 10.5 Å². The third kappa shape index (κ3) is 3.49. The number of anilines is 2. The van der Waals surface area contributed by atoms with E-state index in [1.807, 2.05) is 0 Å². The highest BCUT2D eigenvalue weighted by atomic mass is 79.9. The van der Waals surface area contributed by atoms with Gasteiger partial charge in [0.15, 0.2) is 11.5 Å². The standard InChI is InChI=1S/C11H9BrN6O3/c12-7-2-1-6(5-9(7)18(20)21)14-11(19)8-3-4-10(15-13)17-16-8/h1-5H,13H2,(H,14,19)(H,15,17). The fourth-order valence-electron chi connectivity index (χ4n) is 1.46. The summed E-state index contributed by atoms with van der Waals surface area (Å²) in [4.78, 5) is 22.2. The number of nitrogen functional groups attached to an aromatic ring is 1. The zero-order valence-electron chi connectivity index (χ0n) is 10.4. The van der Waals surface area contributed by atoms with E-state index < -0.39 is 10.8 Å². The van der Waals surface area contributed by atoms with E-state index in [9.17, 15) is 14.9 Å². The predicted molar refractivity (Wildman–Crippen MR) is 78.6 cm³/mol. The fraction of sp³-hybridized carbons (Fsp3) is 0. The summed E-state index contributed by atoms with van der Waals surface area (Å²) in [5.74, 6) is 4.91. The number of amides is 1. The Bertz CT molecular complexity index is 691. The lowest BCUT2D eigenvalue weighted by Gasteiger charge is -2.05. The first-order valence-corrected chi connectivity index (χ1v) is 6.36. The van der Waals surface area contributed by atoms with Crippen LogP contribution in [-0.2, 0) is 0 Å². The number of halogens is 1. The molecule has 0 unspecified atom stereocenters. The number of hydrogen-bond acceptors (Lipinski definition) is 7.